The van der Waals surface area contributed by atoms with Gasteiger partial charge in [0.1, 0.15) is 12.3 Å². The number of benzene rings is 2. The molecule has 7 nitrogen and oxygen atoms in total. The maximum Gasteiger partial charge on any atom is 0.294 e. The highest BCUT2D eigenvalue weighted by molar-refractivity contribution is 8.18. The normalized spacial score (nSPS) is 18.5. The van der Waals surface area contributed by atoms with Crippen LogP contribution >= 0.6 is 11.8 Å². The third-order valence-electron chi connectivity index (χ3n) is 6.01. The van der Waals surface area contributed by atoms with E-state index in [9.17, 15) is 14.4 Å². The van der Waals surface area contributed by atoms with Crippen molar-refractivity contribution in [1.82, 2.24) is 9.80 Å². The first kappa shape index (κ1) is 23.9. The average molecular weight is 480 g/mol. The van der Waals surface area contributed by atoms with E-state index in [1.807, 2.05) is 49.4 Å². The van der Waals surface area contributed by atoms with Crippen LogP contribution in [0.2, 0.25) is 0 Å². The Kier molecular flexibility index (Phi) is 7.57. The lowest BCUT2D eigenvalue weighted by molar-refractivity contribution is -0.136. The first-order valence-electron chi connectivity index (χ1n) is 11.5. The molecule has 2 fully saturated rings. The second kappa shape index (κ2) is 10.8. The summed E-state index contributed by atoms with van der Waals surface area (Å²) in [5.74, 6) is 0.131. The summed E-state index contributed by atoms with van der Waals surface area (Å²) < 4.78 is 5.78. The van der Waals surface area contributed by atoms with Crippen LogP contribution in [0.15, 0.2) is 59.5 Å². The van der Waals surface area contributed by atoms with Crippen molar-refractivity contribution in [3.05, 3.63) is 65.1 Å². The van der Waals surface area contributed by atoms with Crippen LogP contribution < -0.4 is 9.64 Å². The molecule has 0 unspecified atom stereocenters. The highest BCUT2D eigenvalue weighted by Gasteiger charge is 2.37. The molecule has 4 rings (SSSR count). The molecule has 2 aromatic rings. The molecule has 178 valence electrons. The van der Waals surface area contributed by atoms with Crippen LogP contribution in [0.4, 0.5) is 10.5 Å². The lowest BCUT2D eigenvalue weighted by atomic mass is 10.2. The Bertz CT molecular complexity index is 1060. The van der Waals surface area contributed by atoms with Gasteiger partial charge in [0.05, 0.1) is 11.0 Å². The van der Waals surface area contributed by atoms with E-state index >= 15 is 0 Å². The Morgan fingerprint density at radius 1 is 1.03 bits per heavy atom. The fraction of sp³-hybridized carbons (Fsp3) is 0.346. The van der Waals surface area contributed by atoms with E-state index in [1.54, 1.807) is 11.0 Å². The number of amides is 3. The molecule has 0 aromatic heterocycles. The summed E-state index contributed by atoms with van der Waals surface area (Å²) in [6.45, 7) is 6.40. The van der Waals surface area contributed by atoms with Gasteiger partial charge in [0.25, 0.3) is 11.1 Å². The monoisotopic (exact) mass is 479 g/mol. The summed E-state index contributed by atoms with van der Waals surface area (Å²) in [5.41, 5.74) is 1.93. The number of thioether (sulfide) groups is 1. The number of piperazine rings is 1. The third-order valence-corrected chi connectivity index (χ3v) is 6.92. The van der Waals surface area contributed by atoms with Crippen molar-refractivity contribution < 1.29 is 19.1 Å². The molecule has 0 N–H and O–H groups in total. The smallest absolute Gasteiger partial charge is 0.294 e. The van der Waals surface area contributed by atoms with Gasteiger partial charge in [-0.25, -0.2) is 0 Å². The molecular formula is C26H29N3O4S. The molecule has 2 aromatic carbocycles. The van der Waals surface area contributed by atoms with E-state index < -0.39 is 11.1 Å². The minimum Gasteiger partial charge on any atom is -0.491 e. The highest BCUT2D eigenvalue weighted by Crippen LogP contribution is 2.32. The Morgan fingerprint density at radius 2 is 1.71 bits per heavy atom. The number of anilines is 1. The first-order chi connectivity index (χ1) is 16.4. The van der Waals surface area contributed by atoms with Crippen LogP contribution in [-0.2, 0) is 9.59 Å². The topological polar surface area (TPSA) is 70.2 Å². The summed E-state index contributed by atoms with van der Waals surface area (Å²) in [4.78, 5) is 43.5. The summed E-state index contributed by atoms with van der Waals surface area (Å²) in [7, 11) is 0. The zero-order valence-electron chi connectivity index (χ0n) is 19.5. The van der Waals surface area contributed by atoms with Gasteiger partial charge in [-0.2, -0.15) is 0 Å². The summed E-state index contributed by atoms with van der Waals surface area (Å²) >= 11 is 0.870. The molecule has 3 amide bonds. The Labute approximate surface area is 204 Å². The molecule has 0 radical (unpaired) electrons. The Balaban J connectivity index is 1.33. The summed E-state index contributed by atoms with van der Waals surface area (Å²) in [6, 6.07) is 17.5. The third kappa shape index (κ3) is 5.62. The second-order valence-corrected chi connectivity index (χ2v) is 9.37. The Morgan fingerprint density at radius 3 is 2.35 bits per heavy atom. The molecule has 0 saturated carbocycles. The van der Waals surface area contributed by atoms with Gasteiger partial charge < -0.3 is 14.5 Å². The molecule has 2 aliphatic rings. The van der Waals surface area contributed by atoms with Gasteiger partial charge in [0.2, 0.25) is 5.91 Å². The standard InChI is InChI=1S/C26H29N3O4S/c1-3-19(2)33-22-11-9-20(10-12-22)17-23-25(31)29(26(32)34-23)18-24(30)28-15-13-27(14-16-28)21-7-5-4-6-8-21/h4-12,17,19H,3,13-16,18H2,1-2H3/b23-17+/t19-/m1/s1. The molecule has 0 spiro atoms. The molecule has 2 saturated heterocycles. The van der Waals surface area contributed by atoms with Crippen LogP contribution in [0.25, 0.3) is 6.08 Å². The summed E-state index contributed by atoms with van der Waals surface area (Å²) in [5, 5.41) is -0.413. The fourth-order valence-electron chi connectivity index (χ4n) is 3.83. The number of imide groups is 1. The number of rotatable bonds is 7. The number of para-hydroxylation sites is 1. The molecule has 0 bridgehead atoms. The maximum absolute atomic E-state index is 12.8. The predicted octanol–water partition coefficient (Wildman–Crippen LogP) is 4.25. The van der Waals surface area contributed by atoms with Gasteiger partial charge in [0.15, 0.2) is 0 Å². The highest BCUT2D eigenvalue weighted by atomic mass is 32.2. The van der Waals surface area contributed by atoms with Gasteiger partial charge in [-0.15, -0.1) is 0 Å². The fourth-order valence-corrected chi connectivity index (χ4v) is 4.67. The quantitative estimate of drug-likeness (QED) is 0.553. The van der Waals surface area contributed by atoms with Gasteiger partial charge in [-0.1, -0.05) is 37.3 Å². The van der Waals surface area contributed by atoms with E-state index in [2.05, 4.69) is 24.0 Å². The van der Waals surface area contributed by atoms with Crippen LogP contribution in [0.3, 0.4) is 0 Å². The lowest BCUT2D eigenvalue weighted by Crippen LogP contribution is -2.51. The van der Waals surface area contributed by atoms with Crippen LogP contribution in [0.5, 0.6) is 5.75 Å². The van der Waals surface area contributed by atoms with Crippen molar-refractivity contribution in [2.75, 3.05) is 37.6 Å². The minimum atomic E-state index is -0.425. The molecule has 34 heavy (non-hydrogen) atoms. The largest absolute Gasteiger partial charge is 0.491 e. The number of hydrogen-bond acceptors (Lipinski definition) is 6. The van der Waals surface area contributed by atoms with E-state index in [0.717, 1.165) is 40.1 Å². The predicted molar refractivity (Wildman–Crippen MR) is 135 cm³/mol. The number of nitrogens with zero attached hydrogens (tertiary/aromatic N) is 3. The van der Waals surface area contributed by atoms with Crippen LogP contribution in [0.1, 0.15) is 25.8 Å². The van der Waals surface area contributed by atoms with Crippen LogP contribution in [-0.4, -0.2) is 65.7 Å². The molecular weight excluding hydrogens is 450 g/mol. The molecule has 2 heterocycles. The van der Waals surface area contributed by atoms with E-state index in [0.29, 0.717) is 31.1 Å². The molecule has 1 atom stereocenters. The lowest BCUT2D eigenvalue weighted by Gasteiger charge is -2.36. The van der Waals surface area contributed by atoms with Crippen molar-refractivity contribution in [2.45, 2.75) is 26.4 Å². The molecule has 8 heteroatoms. The van der Waals surface area contributed by atoms with Crippen molar-refractivity contribution >= 4 is 40.6 Å². The first-order valence-corrected chi connectivity index (χ1v) is 12.4. The maximum atomic E-state index is 12.8. The average Bonchev–Trinajstić information content (AvgIpc) is 3.13. The van der Waals surface area contributed by atoms with Gasteiger partial charge in [-0.3, -0.25) is 19.3 Å². The molecule has 0 aliphatic carbocycles. The van der Waals surface area contributed by atoms with Crippen LogP contribution in [0, 0.1) is 0 Å². The second-order valence-electron chi connectivity index (χ2n) is 8.38. The SMILES string of the molecule is CC[C@@H](C)Oc1ccc(/C=C2/SC(=O)N(CC(=O)N3CCN(c4ccccc4)CC3)C2=O)cc1. The van der Waals surface area contributed by atoms with E-state index in [4.69, 9.17) is 4.74 Å². The van der Waals surface area contributed by atoms with Crippen molar-refractivity contribution in [1.29, 1.82) is 0 Å². The minimum absolute atomic E-state index is 0.126. The summed E-state index contributed by atoms with van der Waals surface area (Å²) in [6.07, 6.45) is 2.72. The zero-order chi connectivity index (χ0) is 24.1. The van der Waals surface area contributed by atoms with Gasteiger partial charge in [0, 0.05) is 31.9 Å². The zero-order valence-corrected chi connectivity index (χ0v) is 20.3. The number of ether oxygens (including phenoxy) is 1. The van der Waals surface area contributed by atoms with Gasteiger partial charge in [-0.05, 0) is 61.0 Å². The number of carbonyl (C=O) groups is 3. The van der Waals surface area contributed by atoms with Gasteiger partial charge >= 0.3 is 0 Å². The molecule has 2 aliphatic heterocycles. The van der Waals surface area contributed by atoms with Crippen molar-refractivity contribution in [3.8, 4) is 5.75 Å². The van der Waals surface area contributed by atoms with E-state index in [-0.39, 0.29) is 18.6 Å². The Hall–Kier alpha value is -3.26. The number of carbonyl (C=O) groups excluding carboxylic acids is 3. The van der Waals surface area contributed by atoms with Crippen molar-refractivity contribution in [2.24, 2.45) is 0 Å². The number of hydrogen-bond donors (Lipinski definition) is 0. The van der Waals surface area contributed by atoms with E-state index in [1.165, 1.54) is 0 Å². The van der Waals surface area contributed by atoms with Crippen molar-refractivity contribution in [3.63, 3.8) is 0 Å².